The Morgan fingerprint density at radius 3 is 2.82 bits per heavy atom. The first kappa shape index (κ1) is 24.3. The summed E-state index contributed by atoms with van der Waals surface area (Å²) in [6.45, 7) is 3.97. The van der Waals surface area contributed by atoms with Crippen molar-refractivity contribution >= 4 is 56.0 Å². The van der Waals surface area contributed by atoms with Crippen LogP contribution in [0.4, 0.5) is 10.5 Å². The van der Waals surface area contributed by atoms with Crippen molar-refractivity contribution in [3.63, 3.8) is 0 Å². The van der Waals surface area contributed by atoms with Gasteiger partial charge in [-0.15, -0.1) is 11.3 Å². The van der Waals surface area contributed by atoms with E-state index >= 15 is 0 Å². The number of methoxy groups -OCH3 is 1. The molecular weight excluding hydrogens is 526 g/mol. The summed E-state index contributed by atoms with van der Waals surface area (Å²) in [5.41, 5.74) is 6.50. The van der Waals surface area contributed by atoms with E-state index in [-0.39, 0.29) is 12.7 Å². The van der Waals surface area contributed by atoms with Gasteiger partial charge in [-0.25, -0.2) is 19.7 Å². The van der Waals surface area contributed by atoms with Crippen molar-refractivity contribution in [3.05, 3.63) is 64.6 Å². The number of fused-ring (bicyclic) bond motifs is 4. The molecule has 1 amide bonds. The van der Waals surface area contributed by atoms with Gasteiger partial charge in [-0.3, -0.25) is 10.3 Å². The lowest BCUT2D eigenvalue weighted by Crippen LogP contribution is -2.25. The summed E-state index contributed by atoms with van der Waals surface area (Å²) in [5, 5.41) is 3.96. The quantitative estimate of drug-likeness (QED) is 0.280. The minimum absolute atomic E-state index is 0.0878. The molecule has 0 saturated heterocycles. The molecule has 3 aromatic heterocycles. The Kier molecular flexibility index (Phi) is 6.21. The van der Waals surface area contributed by atoms with Crippen LogP contribution in [0.2, 0.25) is 5.02 Å². The normalized spacial score (nSPS) is 14.4. The Hall–Kier alpha value is -4.02. The van der Waals surface area contributed by atoms with Crippen LogP contribution in [0.3, 0.4) is 0 Å². The summed E-state index contributed by atoms with van der Waals surface area (Å²) in [7, 11) is 1.57. The molecule has 0 fully saturated rings. The van der Waals surface area contributed by atoms with Gasteiger partial charge in [0.1, 0.15) is 29.0 Å². The molecule has 2 aromatic carbocycles. The van der Waals surface area contributed by atoms with E-state index in [4.69, 9.17) is 30.8 Å². The highest BCUT2D eigenvalue weighted by atomic mass is 35.5. The molecule has 4 heterocycles. The molecule has 1 N–H and O–H groups in total. The number of aryl methyl sites for hydroxylation is 2. The highest BCUT2D eigenvalue weighted by Gasteiger charge is 2.29. The third kappa shape index (κ3) is 4.57. The Morgan fingerprint density at radius 1 is 1.16 bits per heavy atom. The zero-order valence-corrected chi connectivity index (χ0v) is 22.3. The van der Waals surface area contributed by atoms with E-state index in [0.29, 0.717) is 34.3 Å². The third-order valence-electron chi connectivity index (χ3n) is 6.17. The van der Waals surface area contributed by atoms with Gasteiger partial charge in [0.15, 0.2) is 0 Å². The van der Waals surface area contributed by atoms with E-state index in [1.54, 1.807) is 31.6 Å². The summed E-state index contributed by atoms with van der Waals surface area (Å²) in [6, 6.07) is 9.37. The minimum atomic E-state index is -0.567. The maximum absolute atomic E-state index is 12.3. The van der Waals surface area contributed by atoms with Gasteiger partial charge in [-0.1, -0.05) is 11.6 Å². The number of carbonyl (C=O) groups is 1. The minimum Gasteiger partial charge on any atom is -0.486 e. The fourth-order valence-corrected chi connectivity index (χ4v) is 5.85. The molecule has 1 atom stereocenters. The molecule has 0 spiro atoms. The van der Waals surface area contributed by atoms with E-state index in [1.807, 2.05) is 32.0 Å². The summed E-state index contributed by atoms with van der Waals surface area (Å²) in [4.78, 5) is 30.4. The van der Waals surface area contributed by atoms with Crippen LogP contribution >= 0.6 is 22.9 Å². The van der Waals surface area contributed by atoms with E-state index in [0.717, 1.165) is 43.1 Å². The van der Waals surface area contributed by atoms with E-state index in [2.05, 4.69) is 20.3 Å². The van der Waals surface area contributed by atoms with E-state index in [1.165, 1.54) is 11.3 Å². The number of benzene rings is 2. The lowest BCUT2D eigenvalue weighted by Gasteiger charge is -2.12. The number of ether oxygens (including phenoxy) is 3. The molecule has 0 aliphatic carbocycles. The number of anilines is 1. The highest BCUT2D eigenvalue weighted by molar-refractivity contribution is 7.22. The smallest absolute Gasteiger partial charge is 0.411 e. The van der Waals surface area contributed by atoms with Gasteiger partial charge in [0, 0.05) is 29.3 Å². The topological polar surface area (TPSA) is 108 Å². The van der Waals surface area contributed by atoms with E-state index in [9.17, 15) is 4.79 Å². The maximum Gasteiger partial charge on any atom is 0.411 e. The molecule has 9 nitrogen and oxygen atoms in total. The van der Waals surface area contributed by atoms with Crippen LogP contribution in [0.15, 0.2) is 42.7 Å². The molecule has 38 heavy (non-hydrogen) atoms. The molecule has 1 aliphatic heterocycles. The lowest BCUT2D eigenvalue weighted by atomic mass is 10.1. The Morgan fingerprint density at radius 2 is 2.03 bits per heavy atom. The summed E-state index contributed by atoms with van der Waals surface area (Å²) < 4.78 is 17.7. The second kappa shape index (κ2) is 9.70. The number of aromatic nitrogens is 4. The van der Waals surface area contributed by atoms with Crippen molar-refractivity contribution in [2.75, 3.05) is 19.0 Å². The van der Waals surface area contributed by atoms with Crippen LogP contribution in [-0.4, -0.2) is 45.8 Å². The van der Waals surface area contributed by atoms with Crippen LogP contribution in [0.1, 0.15) is 16.8 Å². The number of nitrogens with zero attached hydrogens (tertiary/aromatic N) is 4. The van der Waals surface area contributed by atoms with Gasteiger partial charge in [-0.05, 0) is 43.7 Å². The van der Waals surface area contributed by atoms with Gasteiger partial charge in [-0.2, -0.15) is 0 Å². The molecule has 1 unspecified atom stereocenters. The van der Waals surface area contributed by atoms with Gasteiger partial charge < -0.3 is 14.2 Å². The molecule has 0 radical (unpaired) electrons. The van der Waals surface area contributed by atoms with Crippen LogP contribution in [-0.2, 0) is 11.2 Å². The van der Waals surface area contributed by atoms with Crippen molar-refractivity contribution in [1.29, 1.82) is 0 Å². The van der Waals surface area contributed by atoms with Gasteiger partial charge in [0.2, 0.25) is 5.88 Å². The summed E-state index contributed by atoms with van der Waals surface area (Å²) in [5.74, 6) is 1.13. The van der Waals surface area contributed by atoms with Crippen molar-refractivity contribution in [2.45, 2.75) is 26.4 Å². The molecule has 1 aliphatic rings. The summed E-state index contributed by atoms with van der Waals surface area (Å²) in [6.07, 6.45) is 2.84. The first-order valence-electron chi connectivity index (χ1n) is 11.8. The zero-order chi connectivity index (χ0) is 26.4. The molecule has 6 rings (SSSR count). The van der Waals surface area contributed by atoms with Crippen molar-refractivity contribution in [1.82, 2.24) is 19.9 Å². The molecule has 5 aromatic rings. The highest BCUT2D eigenvalue weighted by Crippen LogP contribution is 2.44. The number of hydrogen-bond acceptors (Lipinski definition) is 9. The lowest BCUT2D eigenvalue weighted by molar-refractivity contribution is 0.102. The molecule has 0 saturated carbocycles. The van der Waals surface area contributed by atoms with Crippen LogP contribution in [0.25, 0.3) is 31.8 Å². The largest absolute Gasteiger partial charge is 0.486 e. The second-order valence-corrected chi connectivity index (χ2v) is 10.4. The van der Waals surface area contributed by atoms with Crippen LogP contribution in [0, 0.1) is 13.8 Å². The fraction of sp³-hybridized carbons (Fsp3) is 0.222. The molecule has 0 bridgehead atoms. The van der Waals surface area contributed by atoms with Gasteiger partial charge in [0.25, 0.3) is 0 Å². The van der Waals surface area contributed by atoms with Crippen molar-refractivity contribution in [2.24, 2.45) is 0 Å². The first-order valence-corrected chi connectivity index (χ1v) is 13.0. The SMILES string of the molecule is COc1cnc2c(-c3nc4c(Cl)cc5c(c4s3)CC(COC(=O)Nc3ccc(C)nc3)O5)cc(C)cc2n1. The standard InChI is InChI=1S/C27H22ClN5O4S/c1-13-6-18(23-20(7-13)32-22(35-3)11-30-23)26-33-24-19(28)9-21-17(25(24)38-26)8-16(37-21)12-36-27(34)31-15-5-4-14(2)29-10-15/h4-7,9-11,16H,8,12H2,1-3H3,(H,31,34). The summed E-state index contributed by atoms with van der Waals surface area (Å²) >= 11 is 8.16. The Balaban J connectivity index is 1.25. The van der Waals surface area contributed by atoms with Crippen molar-refractivity contribution in [3.8, 4) is 22.2 Å². The monoisotopic (exact) mass is 547 g/mol. The number of thiazole rings is 1. The molecule has 192 valence electrons. The Labute approximate surface area is 226 Å². The second-order valence-electron chi connectivity index (χ2n) is 8.98. The van der Waals surface area contributed by atoms with Crippen molar-refractivity contribution < 1.29 is 19.0 Å². The first-order chi connectivity index (χ1) is 18.4. The predicted molar refractivity (Wildman–Crippen MR) is 147 cm³/mol. The van der Waals surface area contributed by atoms with Crippen LogP contribution < -0.4 is 14.8 Å². The van der Waals surface area contributed by atoms with E-state index < -0.39 is 6.09 Å². The average molecular weight is 548 g/mol. The van der Waals surface area contributed by atoms with Gasteiger partial charge in [0.05, 0.1) is 45.9 Å². The zero-order valence-electron chi connectivity index (χ0n) is 20.7. The number of pyridine rings is 1. The number of halogens is 1. The van der Waals surface area contributed by atoms with Gasteiger partial charge >= 0.3 is 6.09 Å². The van der Waals surface area contributed by atoms with Crippen LogP contribution in [0.5, 0.6) is 11.6 Å². The average Bonchev–Trinajstić information content (AvgIpc) is 3.53. The fourth-order valence-electron chi connectivity index (χ4n) is 4.40. The number of amides is 1. The molecule has 11 heteroatoms. The maximum atomic E-state index is 12.3. The number of carbonyl (C=O) groups excluding carboxylic acids is 1. The number of nitrogens with one attached hydrogen (secondary N) is 1. The molecular formula is C27H22ClN5O4S. The predicted octanol–water partition coefficient (Wildman–Crippen LogP) is 6.13. The number of hydrogen-bond donors (Lipinski definition) is 1. The number of rotatable bonds is 5. The Bertz CT molecular complexity index is 1710. The third-order valence-corrected chi connectivity index (χ3v) is 7.61.